The molecule has 2 aliphatic heterocycles. The van der Waals surface area contributed by atoms with Gasteiger partial charge < -0.3 is 10.1 Å². The summed E-state index contributed by atoms with van der Waals surface area (Å²) in [6, 6.07) is 3.74. The summed E-state index contributed by atoms with van der Waals surface area (Å²) in [6.45, 7) is 1.35. The van der Waals surface area contributed by atoms with Gasteiger partial charge in [-0.3, -0.25) is 9.78 Å². The molecular formula is C15H21N3O4S. The van der Waals surface area contributed by atoms with Gasteiger partial charge in [-0.2, -0.15) is 4.31 Å². The van der Waals surface area contributed by atoms with E-state index in [0.29, 0.717) is 26.1 Å². The number of aromatic nitrogens is 1. The van der Waals surface area contributed by atoms with Gasteiger partial charge in [-0.1, -0.05) is 6.07 Å². The molecule has 0 aromatic carbocycles. The topological polar surface area (TPSA) is 88.6 Å². The third-order valence-electron chi connectivity index (χ3n) is 4.37. The van der Waals surface area contributed by atoms with Gasteiger partial charge in [0, 0.05) is 37.9 Å². The van der Waals surface area contributed by atoms with Crippen LogP contribution >= 0.6 is 0 Å². The maximum atomic E-state index is 12.0. The number of fused-ring (bicyclic) bond motifs is 1. The lowest BCUT2D eigenvalue weighted by molar-refractivity contribution is -0.123. The van der Waals surface area contributed by atoms with Gasteiger partial charge in [-0.15, -0.1) is 0 Å². The fourth-order valence-electron chi connectivity index (χ4n) is 3.21. The van der Waals surface area contributed by atoms with E-state index in [1.54, 1.807) is 12.4 Å². The van der Waals surface area contributed by atoms with Crippen molar-refractivity contribution >= 4 is 15.9 Å². The average molecular weight is 339 g/mol. The molecule has 23 heavy (non-hydrogen) atoms. The van der Waals surface area contributed by atoms with Gasteiger partial charge >= 0.3 is 0 Å². The minimum Gasteiger partial charge on any atom is -0.373 e. The van der Waals surface area contributed by atoms with Crippen molar-refractivity contribution in [3.05, 3.63) is 30.1 Å². The molecule has 0 radical (unpaired) electrons. The van der Waals surface area contributed by atoms with Crippen LogP contribution in [-0.4, -0.2) is 55.2 Å². The van der Waals surface area contributed by atoms with Gasteiger partial charge in [0.15, 0.2) is 0 Å². The van der Waals surface area contributed by atoms with Gasteiger partial charge in [0.05, 0.1) is 24.9 Å². The van der Waals surface area contributed by atoms with Crippen molar-refractivity contribution in [2.75, 3.05) is 19.3 Å². The van der Waals surface area contributed by atoms with Crippen LogP contribution in [0, 0.1) is 5.92 Å². The first-order valence-electron chi connectivity index (χ1n) is 7.68. The van der Waals surface area contributed by atoms with Gasteiger partial charge in [-0.25, -0.2) is 8.42 Å². The number of amides is 1. The summed E-state index contributed by atoms with van der Waals surface area (Å²) in [5, 5.41) is 2.86. The second-order valence-corrected chi connectivity index (χ2v) is 8.20. The Morgan fingerprint density at radius 2 is 2.30 bits per heavy atom. The number of ether oxygens (including phenoxy) is 1. The first-order valence-corrected chi connectivity index (χ1v) is 9.53. The zero-order valence-electron chi connectivity index (χ0n) is 13.0. The van der Waals surface area contributed by atoms with Crippen molar-refractivity contribution in [1.29, 1.82) is 0 Å². The zero-order chi connectivity index (χ0) is 16.4. The fraction of sp³-hybridized carbons (Fsp3) is 0.600. The Kier molecular flexibility index (Phi) is 4.65. The summed E-state index contributed by atoms with van der Waals surface area (Å²) in [7, 11) is -3.16. The highest BCUT2D eigenvalue weighted by molar-refractivity contribution is 7.88. The van der Waals surface area contributed by atoms with Crippen molar-refractivity contribution < 1.29 is 17.9 Å². The van der Waals surface area contributed by atoms with Crippen molar-refractivity contribution in [3.63, 3.8) is 0 Å². The Bertz CT molecular complexity index is 651. The molecule has 1 aromatic rings. The van der Waals surface area contributed by atoms with Gasteiger partial charge in [-0.05, 0) is 18.1 Å². The monoisotopic (exact) mass is 339 g/mol. The maximum Gasteiger partial charge on any atom is 0.222 e. The Morgan fingerprint density at radius 1 is 1.48 bits per heavy atom. The van der Waals surface area contributed by atoms with Crippen LogP contribution in [-0.2, 0) is 26.1 Å². The number of nitrogens with one attached hydrogen (secondary N) is 1. The van der Waals surface area contributed by atoms with E-state index in [9.17, 15) is 13.2 Å². The maximum absolute atomic E-state index is 12.0. The number of carbonyl (C=O) groups excluding carboxylic acids is 1. The summed E-state index contributed by atoms with van der Waals surface area (Å²) in [5.74, 6) is 0.139. The Hall–Kier alpha value is -1.51. The normalized spacial score (nSPS) is 27.8. The highest BCUT2D eigenvalue weighted by atomic mass is 32.2. The van der Waals surface area contributed by atoms with E-state index in [4.69, 9.17) is 4.74 Å². The van der Waals surface area contributed by atoms with E-state index in [1.165, 1.54) is 10.6 Å². The molecule has 0 bridgehead atoms. The van der Waals surface area contributed by atoms with E-state index in [-0.39, 0.29) is 24.0 Å². The summed E-state index contributed by atoms with van der Waals surface area (Å²) < 4.78 is 30.4. The first-order chi connectivity index (χ1) is 10.9. The molecule has 3 heterocycles. The number of hydrogen-bond acceptors (Lipinski definition) is 5. The molecule has 126 valence electrons. The fourth-order valence-corrected chi connectivity index (χ4v) is 4.09. The summed E-state index contributed by atoms with van der Waals surface area (Å²) in [4.78, 5) is 16.0. The molecule has 2 saturated heterocycles. The Morgan fingerprint density at radius 3 is 2.96 bits per heavy atom. The van der Waals surface area contributed by atoms with E-state index in [2.05, 4.69) is 10.3 Å². The number of hydrogen-bond donors (Lipinski definition) is 1. The molecule has 8 heteroatoms. The van der Waals surface area contributed by atoms with Crippen LogP contribution in [0.2, 0.25) is 0 Å². The second kappa shape index (κ2) is 6.54. The number of pyridine rings is 1. The SMILES string of the molecule is CS(=O)(=O)N1C[C@@H]2C[C@H](CC(=O)NCc3cccnc3)O[C@@H]2C1. The lowest BCUT2D eigenvalue weighted by Gasteiger charge is -2.17. The summed E-state index contributed by atoms with van der Waals surface area (Å²) in [6.07, 6.45) is 5.47. The van der Waals surface area contributed by atoms with Gasteiger partial charge in [0.2, 0.25) is 15.9 Å². The van der Waals surface area contributed by atoms with E-state index < -0.39 is 10.0 Å². The number of carbonyl (C=O) groups is 1. The molecular weight excluding hydrogens is 318 g/mol. The minimum atomic E-state index is -3.16. The molecule has 7 nitrogen and oxygen atoms in total. The van der Waals surface area contributed by atoms with Crippen molar-refractivity contribution in [3.8, 4) is 0 Å². The van der Waals surface area contributed by atoms with Crippen molar-refractivity contribution in [2.45, 2.75) is 31.6 Å². The molecule has 2 fully saturated rings. The summed E-state index contributed by atoms with van der Waals surface area (Å²) in [5.41, 5.74) is 0.953. The van der Waals surface area contributed by atoms with Crippen LogP contribution in [0.15, 0.2) is 24.5 Å². The third-order valence-corrected chi connectivity index (χ3v) is 5.61. The average Bonchev–Trinajstić information content (AvgIpc) is 3.04. The largest absolute Gasteiger partial charge is 0.373 e. The summed E-state index contributed by atoms with van der Waals surface area (Å²) >= 11 is 0. The van der Waals surface area contributed by atoms with Crippen LogP contribution in [0.25, 0.3) is 0 Å². The Labute approximate surface area is 136 Å². The van der Waals surface area contributed by atoms with Crippen LogP contribution in [0.4, 0.5) is 0 Å². The lowest BCUT2D eigenvalue weighted by Crippen LogP contribution is -2.32. The Balaban J connectivity index is 1.44. The highest BCUT2D eigenvalue weighted by Crippen LogP contribution is 2.35. The molecule has 0 unspecified atom stereocenters. The molecule has 3 atom stereocenters. The van der Waals surface area contributed by atoms with E-state index in [0.717, 1.165) is 12.0 Å². The van der Waals surface area contributed by atoms with Crippen molar-refractivity contribution in [2.24, 2.45) is 5.92 Å². The minimum absolute atomic E-state index is 0.0567. The number of rotatable bonds is 5. The molecule has 3 rings (SSSR count). The quantitative estimate of drug-likeness (QED) is 0.824. The zero-order valence-corrected chi connectivity index (χ0v) is 13.8. The smallest absolute Gasteiger partial charge is 0.222 e. The molecule has 0 spiro atoms. The third kappa shape index (κ3) is 4.07. The van der Waals surface area contributed by atoms with Crippen molar-refractivity contribution in [1.82, 2.24) is 14.6 Å². The van der Waals surface area contributed by atoms with Crippen LogP contribution in [0.3, 0.4) is 0 Å². The van der Waals surface area contributed by atoms with E-state index >= 15 is 0 Å². The van der Waals surface area contributed by atoms with Crippen LogP contribution in [0.5, 0.6) is 0 Å². The molecule has 1 amide bonds. The predicted molar refractivity (Wildman–Crippen MR) is 83.9 cm³/mol. The van der Waals surface area contributed by atoms with Crippen LogP contribution < -0.4 is 5.32 Å². The molecule has 1 N–H and O–H groups in total. The predicted octanol–water partition coefficient (Wildman–Crippen LogP) is 0.137. The van der Waals surface area contributed by atoms with Gasteiger partial charge in [0.1, 0.15) is 0 Å². The standard InChI is InChI=1S/C15H21N3O4S/c1-23(20,21)18-9-12-5-13(22-14(12)10-18)6-15(19)17-8-11-3-2-4-16-7-11/h2-4,7,12-14H,5-6,8-10H2,1H3,(H,17,19)/t12-,13+,14+/m0/s1. The molecule has 0 aliphatic carbocycles. The number of nitrogens with zero attached hydrogens (tertiary/aromatic N) is 2. The number of sulfonamides is 1. The lowest BCUT2D eigenvalue weighted by atomic mass is 10.0. The molecule has 0 saturated carbocycles. The molecule has 1 aromatic heterocycles. The first kappa shape index (κ1) is 16.4. The van der Waals surface area contributed by atoms with Gasteiger partial charge in [0.25, 0.3) is 0 Å². The molecule has 2 aliphatic rings. The second-order valence-electron chi connectivity index (χ2n) is 6.21. The van der Waals surface area contributed by atoms with Crippen LogP contribution in [0.1, 0.15) is 18.4 Å². The van der Waals surface area contributed by atoms with E-state index in [1.807, 2.05) is 12.1 Å². The highest BCUT2D eigenvalue weighted by Gasteiger charge is 2.44.